The van der Waals surface area contributed by atoms with Crippen LogP contribution in [0.2, 0.25) is 0 Å². The number of piperazine rings is 1. The van der Waals surface area contributed by atoms with Crippen molar-refractivity contribution in [1.82, 2.24) is 9.80 Å². The Balaban J connectivity index is 1.34. The number of hydrogen-bond acceptors (Lipinski definition) is 5. The standard InChI is InChI=1S/C26H30N2O4/c1-18-14-23-21(16-26(30)32-24(23)15-19(18)2)17-27-10-12-28(13-11-27)25(29)9-6-20-4-7-22(31-3)8-5-20/h4-5,7-8,14-16H,6,9-13,17H2,1-3H3. The highest BCUT2D eigenvalue weighted by atomic mass is 16.5. The van der Waals surface area contributed by atoms with Crippen molar-refractivity contribution in [2.45, 2.75) is 33.2 Å². The second kappa shape index (κ2) is 9.57. The van der Waals surface area contributed by atoms with Gasteiger partial charge in [0.1, 0.15) is 11.3 Å². The number of fused-ring (bicyclic) bond motifs is 1. The summed E-state index contributed by atoms with van der Waals surface area (Å²) in [5.74, 6) is 1.02. The molecule has 2 aromatic carbocycles. The fourth-order valence-electron chi connectivity index (χ4n) is 4.21. The van der Waals surface area contributed by atoms with E-state index in [4.69, 9.17) is 9.15 Å². The first-order valence-electron chi connectivity index (χ1n) is 11.1. The van der Waals surface area contributed by atoms with Crippen LogP contribution in [0.5, 0.6) is 5.75 Å². The maximum Gasteiger partial charge on any atom is 0.336 e. The molecule has 2 heterocycles. The van der Waals surface area contributed by atoms with Crippen LogP contribution >= 0.6 is 0 Å². The number of benzene rings is 2. The number of carbonyl (C=O) groups excluding carboxylic acids is 1. The molecule has 1 amide bonds. The minimum absolute atomic E-state index is 0.192. The van der Waals surface area contributed by atoms with Crippen molar-refractivity contribution in [3.63, 3.8) is 0 Å². The summed E-state index contributed by atoms with van der Waals surface area (Å²) in [5, 5.41) is 0.991. The zero-order valence-corrected chi connectivity index (χ0v) is 19.0. The van der Waals surface area contributed by atoms with Crippen LogP contribution in [0.1, 0.15) is 28.7 Å². The summed E-state index contributed by atoms with van der Waals surface area (Å²) in [6, 6.07) is 13.5. The van der Waals surface area contributed by atoms with Crippen LogP contribution in [0.15, 0.2) is 51.7 Å². The lowest BCUT2D eigenvalue weighted by molar-refractivity contribution is -0.133. The van der Waals surface area contributed by atoms with Crippen LogP contribution < -0.4 is 10.4 Å². The number of rotatable bonds is 6. The van der Waals surface area contributed by atoms with Gasteiger partial charge in [-0.25, -0.2) is 4.79 Å². The molecule has 0 aliphatic carbocycles. The van der Waals surface area contributed by atoms with Crippen molar-refractivity contribution in [3.05, 3.63) is 75.1 Å². The number of carbonyl (C=O) groups is 1. The van der Waals surface area contributed by atoms with E-state index in [1.54, 1.807) is 13.2 Å². The molecule has 6 heteroatoms. The lowest BCUT2D eigenvalue weighted by Gasteiger charge is -2.35. The third-order valence-corrected chi connectivity index (χ3v) is 6.35. The van der Waals surface area contributed by atoms with Crippen molar-refractivity contribution in [1.29, 1.82) is 0 Å². The van der Waals surface area contributed by atoms with Gasteiger partial charge in [0.25, 0.3) is 0 Å². The molecule has 3 aromatic rings. The average Bonchev–Trinajstić information content (AvgIpc) is 2.79. The molecule has 6 nitrogen and oxygen atoms in total. The van der Waals surface area contributed by atoms with Crippen LogP contribution in [0.3, 0.4) is 0 Å². The predicted octanol–water partition coefficient (Wildman–Crippen LogP) is 3.70. The van der Waals surface area contributed by atoms with E-state index in [9.17, 15) is 9.59 Å². The van der Waals surface area contributed by atoms with Crippen molar-refractivity contribution in [2.75, 3.05) is 33.3 Å². The van der Waals surface area contributed by atoms with Gasteiger partial charge in [0.15, 0.2) is 0 Å². The normalized spacial score (nSPS) is 14.7. The van der Waals surface area contributed by atoms with E-state index in [-0.39, 0.29) is 11.5 Å². The first kappa shape index (κ1) is 22.1. The summed E-state index contributed by atoms with van der Waals surface area (Å²) in [7, 11) is 1.65. The Bertz CT molecular complexity index is 1160. The molecule has 32 heavy (non-hydrogen) atoms. The SMILES string of the molecule is COc1ccc(CCC(=O)N2CCN(Cc3cc(=O)oc4cc(C)c(C)cc34)CC2)cc1. The van der Waals surface area contributed by atoms with E-state index in [2.05, 4.69) is 17.9 Å². The lowest BCUT2D eigenvalue weighted by Crippen LogP contribution is -2.48. The van der Waals surface area contributed by atoms with Crippen molar-refractivity contribution in [2.24, 2.45) is 0 Å². The van der Waals surface area contributed by atoms with E-state index < -0.39 is 0 Å². The Hall–Kier alpha value is -3.12. The number of hydrogen-bond donors (Lipinski definition) is 0. The first-order chi connectivity index (χ1) is 15.4. The van der Waals surface area contributed by atoms with Gasteiger partial charge < -0.3 is 14.1 Å². The number of amides is 1. The lowest BCUT2D eigenvalue weighted by atomic mass is 10.0. The minimum Gasteiger partial charge on any atom is -0.497 e. The quantitative estimate of drug-likeness (QED) is 0.554. The number of ether oxygens (including phenoxy) is 1. The summed E-state index contributed by atoms with van der Waals surface area (Å²) >= 11 is 0. The topological polar surface area (TPSA) is 63.0 Å². The van der Waals surface area contributed by atoms with E-state index >= 15 is 0 Å². The summed E-state index contributed by atoms with van der Waals surface area (Å²) in [5.41, 5.74) is 4.74. The van der Waals surface area contributed by atoms with Gasteiger partial charge in [-0.3, -0.25) is 9.69 Å². The van der Waals surface area contributed by atoms with Gasteiger partial charge in [-0.1, -0.05) is 12.1 Å². The van der Waals surface area contributed by atoms with Gasteiger partial charge in [0.05, 0.1) is 7.11 Å². The zero-order chi connectivity index (χ0) is 22.7. The number of nitrogens with zero attached hydrogens (tertiary/aromatic N) is 2. The van der Waals surface area contributed by atoms with Crippen LogP contribution in [0.25, 0.3) is 11.0 Å². The Morgan fingerprint density at radius 3 is 2.38 bits per heavy atom. The van der Waals surface area contributed by atoms with Gasteiger partial charge in [-0.05, 0) is 66.8 Å². The molecule has 0 N–H and O–H groups in total. The molecule has 0 atom stereocenters. The predicted molar refractivity (Wildman–Crippen MR) is 125 cm³/mol. The van der Waals surface area contributed by atoms with Crippen LogP contribution in [0, 0.1) is 13.8 Å². The van der Waals surface area contributed by atoms with Gasteiger partial charge in [0, 0.05) is 50.6 Å². The Morgan fingerprint density at radius 2 is 1.69 bits per heavy atom. The molecule has 4 rings (SSSR count). The summed E-state index contributed by atoms with van der Waals surface area (Å²) in [6.45, 7) is 7.77. The molecule has 1 saturated heterocycles. The minimum atomic E-state index is -0.317. The molecule has 0 saturated carbocycles. The zero-order valence-electron chi connectivity index (χ0n) is 19.0. The molecular weight excluding hydrogens is 404 g/mol. The Morgan fingerprint density at radius 1 is 1.00 bits per heavy atom. The van der Waals surface area contributed by atoms with Crippen LogP contribution in [0.4, 0.5) is 0 Å². The fourth-order valence-corrected chi connectivity index (χ4v) is 4.21. The molecule has 1 aromatic heterocycles. The molecule has 0 bridgehead atoms. The van der Waals surface area contributed by atoms with Crippen LogP contribution in [-0.2, 0) is 17.8 Å². The monoisotopic (exact) mass is 434 g/mol. The summed E-state index contributed by atoms with van der Waals surface area (Å²) in [6.07, 6.45) is 1.24. The number of methoxy groups -OCH3 is 1. The summed E-state index contributed by atoms with van der Waals surface area (Å²) in [4.78, 5) is 29.0. The maximum absolute atomic E-state index is 12.7. The highest BCUT2D eigenvalue weighted by molar-refractivity contribution is 5.82. The molecule has 1 fully saturated rings. The van der Waals surface area contributed by atoms with E-state index in [0.29, 0.717) is 31.6 Å². The third-order valence-electron chi connectivity index (χ3n) is 6.35. The first-order valence-corrected chi connectivity index (χ1v) is 11.1. The smallest absolute Gasteiger partial charge is 0.336 e. The largest absolute Gasteiger partial charge is 0.497 e. The summed E-state index contributed by atoms with van der Waals surface area (Å²) < 4.78 is 10.6. The number of aryl methyl sites for hydroxylation is 3. The molecular formula is C26H30N2O4. The van der Waals surface area contributed by atoms with Crippen molar-refractivity contribution in [3.8, 4) is 5.75 Å². The second-order valence-electron chi connectivity index (χ2n) is 8.53. The van der Waals surface area contributed by atoms with Crippen molar-refractivity contribution >= 4 is 16.9 Å². The van der Waals surface area contributed by atoms with Crippen molar-refractivity contribution < 1.29 is 13.9 Å². The van der Waals surface area contributed by atoms with E-state index in [1.165, 1.54) is 5.56 Å². The van der Waals surface area contributed by atoms with Gasteiger partial charge >= 0.3 is 5.63 Å². The van der Waals surface area contributed by atoms with E-state index in [1.807, 2.05) is 42.2 Å². The van der Waals surface area contributed by atoms with Gasteiger partial charge in [-0.15, -0.1) is 0 Å². The molecule has 0 unspecified atom stereocenters. The second-order valence-corrected chi connectivity index (χ2v) is 8.53. The maximum atomic E-state index is 12.7. The highest BCUT2D eigenvalue weighted by Gasteiger charge is 2.22. The van der Waals surface area contributed by atoms with Crippen LogP contribution in [-0.4, -0.2) is 49.0 Å². The molecule has 1 aliphatic rings. The molecule has 1 aliphatic heterocycles. The molecule has 168 valence electrons. The van der Waals surface area contributed by atoms with Gasteiger partial charge in [0.2, 0.25) is 5.91 Å². The fraction of sp³-hybridized carbons (Fsp3) is 0.385. The Kier molecular flexibility index (Phi) is 6.61. The average molecular weight is 435 g/mol. The van der Waals surface area contributed by atoms with Gasteiger partial charge in [-0.2, -0.15) is 0 Å². The highest BCUT2D eigenvalue weighted by Crippen LogP contribution is 2.23. The third kappa shape index (κ3) is 5.02. The molecule has 0 radical (unpaired) electrons. The Labute approximate surface area is 188 Å². The van der Waals surface area contributed by atoms with E-state index in [0.717, 1.165) is 47.3 Å². The molecule has 0 spiro atoms.